The van der Waals surface area contributed by atoms with Crippen molar-refractivity contribution in [2.45, 2.75) is 18.8 Å². The predicted octanol–water partition coefficient (Wildman–Crippen LogP) is 2.93. The molecule has 1 aromatic carbocycles. The van der Waals surface area contributed by atoms with Crippen molar-refractivity contribution >= 4 is 27.0 Å². The number of rotatable bonds is 1. The van der Waals surface area contributed by atoms with Gasteiger partial charge in [-0.25, -0.2) is 9.37 Å². The fraction of sp³-hybridized carbons (Fsp3) is 0.417. The molecule has 0 unspecified atom stereocenters. The van der Waals surface area contributed by atoms with Crippen LogP contribution in [0.25, 0.3) is 11.0 Å². The molecule has 0 radical (unpaired) electrons. The number of nitrogens with one attached hydrogen (secondary N) is 2. The van der Waals surface area contributed by atoms with Gasteiger partial charge < -0.3 is 10.3 Å². The quantitative estimate of drug-likeness (QED) is 0.850. The highest BCUT2D eigenvalue weighted by Gasteiger charge is 2.19. The maximum absolute atomic E-state index is 13.4. The molecule has 2 heterocycles. The molecule has 1 fully saturated rings. The van der Waals surface area contributed by atoms with Crippen LogP contribution in [0.1, 0.15) is 24.6 Å². The highest BCUT2D eigenvalue weighted by molar-refractivity contribution is 9.10. The van der Waals surface area contributed by atoms with Gasteiger partial charge in [0.25, 0.3) is 0 Å². The van der Waals surface area contributed by atoms with Gasteiger partial charge in [0, 0.05) is 12.0 Å². The Kier molecular flexibility index (Phi) is 2.88. The van der Waals surface area contributed by atoms with Crippen LogP contribution in [0.3, 0.4) is 0 Å². The van der Waals surface area contributed by atoms with Gasteiger partial charge in [-0.15, -0.1) is 0 Å². The Labute approximate surface area is 107 Å². The Hall–Kier alpha value is -0.940. The molecule has 2 aromatic rings. The van der Waals surface area contributed by atoms with Crippen LogP contribution < -0.4 is 5.32 Å². The summed E-state index contributed by atoms with van der Waals surface area (Å²) >= 11 is 3.18. The molecule has 90 valence electrons. The minimum absolute atomic E-state index is 0.252. The number of aromatic nitrogens is 2. The first-order valence-corrected chi connectivity index (χ1v) is 6.59. The summed E-state index contributed by atoms with van der Waals surface area (Å²) in [5, 5.41) is 3.33. The average molecular weight is 298 g/mol. The topological polar surface area (TPSA) is 40.7 Å². The number of aromatic amines is 1. The van der Waals surface area contributed by atoms with Gasteiger partial charge in [0.15, 0.2) is 0 Å². The van der Waals surface area contributed by atoms with E-state index in [0.29, 0.717) is 10.4 Å². The van der Waals surface area contributed by atoms with Crippen LogP contribution in [0.15, 0.2) is 16.6 Å². The van der Waals surface area contributed by atoms with Gasteiger partial charge in [-0.05, 0) is 47.9 Å². The summed E-state index contributed by atoms with van der Waals surface area (Å²) in [5.74, 6) is 1.20. The van der Waals surface area contributed by atoms with Gasteiger partial charge in [-0.1, -0.05) is 0 Å². The van der Waals surface area contributed by atoms with Crippen LogP contribution in [0.4, 0.5) is 4.39 Å². The molecule has 1 saturated heterocycles. The van der Waals surface area contributed by atoms with Crippen LogP contribution in [0.5, 0.6) is 0 Å². The van der Waals surface area contributed by atoms with E-state index in [0.717, 1.165) is 42.8 Å². The highest BCUT2D eigenvalue weighted by atomic mass is 79.9. The van der Waals surface area contributed by atoms with E-state index >= 15 is 0 Å². The predicted molar refractivity (Wildman–Crippen MR) is 68.6 cm³/mol. The van der Waals surface area contributed by atoms with Crippen molar-refractivity contribution in [3.8, 4) is 0 Å². The zero-order valence-corrected chi connectivity index (χ0v) is 10.8. The SMILES string of the molecule is Fc1cc2[nH]c(C3CCNCC3)nc2cc1Br. The second-order valence-corrected chi connectivity index (χ2v) is 5.28. The molecule has 5 heteroatoms. The smallest absolute Gasteiger partial charge is 0.139 e. The molecule has 1 aliphatic heterocycles. The average Bonchev–Trinajstić information content (AvgIpc) is 2.74. The number of nitrogens with zero attached hydrogens (tertiary/aromatic N) is 1. The number of hydrogen-bond donors (Lipinski definition) is 2. The van der Waals surface area contributed by atoms with Crippen molar-refractivity contribution in [1.29, 1.82) is 0 Å². The number of fused-ring (bicyclic) bond motifs is 1. The van der Waals surface area contributed by atoms with Crippen molar-refractivity contribution in [2.24, 2.45) is 0 Å². The first-order valence-electron chi connectivity index (χ1n) is 5.79. The molecule has 17 heavy (non-hydrogen) atoms. The van der Waals surface area contributed by atoms with E-state index in [1.165, 1.54) is 6.07 Å². The van der Waals surface area contributed by atoms with Gasteiger partial charge in [0.05, 0.1) is 15.5 Å². The fourth-order valence-electron chi connectivity index (χ4n) is 2.31. The first kappa shape index (κ1) is 11.2. The van der Waals surface area contributed by atoms with E-state index < -0.39 is 0 Å². The molecular formula is C12H13BrFN3. The molecule has 0 amide bonds. The minimum Gasteiger partial charge on any atom is -0.342 e. The fourth-order valence-corrected chi connectivity index (χ4v) is 2.64. The second-order valence-electron chi connectivity index (χ2n) is 4.43. The number of hydrogen-bond acceptors (Lipinski definition) is 2. The Bertz CT molecular complexity index is 507. The number of imidazole rings is 1. The molecule has 1 aromatic heterocycles. The highest BCUT2D eigenvalue weighted by Crippen LogP contribution is 2.27. The van der Waals surface area contributed by atoms with Crippen LogP contribution >= 0.6 is 15.9 Å². The lowest BCUT2D eigenvalue weighted by Crippen LogP contribution is -2.27. The van der Waals surface area contributed by atoms with Gasteiger partial charge in [-0.2, -0.15) is 0 Å². The minimum atomic E-state index is -0.252. The Balaban J connectivity index is 2.00. The molecule has 0 saturated carbocycles. The lowest BCUT2D eigenvalue weighted by molar-refractivity contribution is 0.448. The third kappa shape index (κ3) is 2.09. The van der Waals surface area contributed by atoms with Crippen LogP contribution in [0.2, 0.25) is 0 Å². The lowest BCUT2D eigenvalue weighted by Gasteiger charge is -2.20. The van der Waals surface area contributed by atoms with Gasteiger partial charge in [0.1, 0.15) is 11.6 Å². The number of H-pyrrole nitrogens is 1. The van der Waals surface area contributed by atoms with E-state index in [9.17, 15) is 4.39 Å². The molecule has 2 N–H and O–H groups in total. The maximum Gasteiger partial charge on any atom is 0.139 e. The number of benzene rings is 1. The van der Waals surface area contributed by atoms with Gasteiger partial charge >= 0.3 is 0 Å². The van der Waals surface area contributed by atoms with E-state index in [2.05, 4.69) is 31.2 Å². The molecular weight excluding hydrogens is 285 g/mol. The lowest BCUT2D eigenvalue weighted by atomic mass is 9.98. The normalized spacial score (nSPS) is 17.8. The standard InChI is InChI=1S/C12H13BrFN3/c13-8-5-10-11(6-9(8)14)17-12(16-10)7-1-3-15-4-2-7/h5-7,15H,1-4H2,(H,16,17). The molecule has 3 rings (SSSR count). The molecule has 3 nitrogen and oxygen atoms in total. The number of halogens is 2. The number of piperidine rings is 1. The maximum atomic E-state index is 13.4. The largest absolute Gasteiger partial charge is 0.342 e. The van der Waals surface area contributed by atoms with Crippen molar-refractivity contribution in [3.63, 3.8) is 0 Å². The zero-order valence-electron chi connectivity index (χ0n) is 9.26. The molecule has 0 spiro atoms. The summed E-state index contributed by atoms with van der Waals surface area (Å²) in [5.41, 5.74) is 1.60. The second kappa shape index (κ2) is 4.38. The van der Waals surface area contributed by atoms with Crippen molar-refractivity contribution in [2.75, 3.05) is 13.1 Å². The van der Waals surface area contributed by atoms with Crippen LogP contribution in [-0.4, -0.2) is 23.1 Å². The molecule has 0 atom stereocenters. The van der Waals surface area contributed by atoms with Crippen LogP contribution in [-0.2, 0) is 0 Å². The van der Waals surface area contributed by atoms with Gasteiger partial charge in [-0.3, -0.25) is 0 Å². The monoisotopic (exact) mass is 297 g/mol. The van der Waals surface area contributed by atoms with E-state index in [1.807, 2.05) is 0 Å². The van der Waals surface area contributed by atoms with E-state index in [-0.39, 0.29) is 5.82 Å². The summed E-state index contributed by atoms with van der Waals surface area (Å²) in [7, 11) is 0. The summed E-state index contributed by atoms with van der Waals surface area (Å²) in [6.07, 6.45) is 2.17. The van der Waals surface area contributed by atoms with Gasteiger partial charge in [0.2, 0.25) is 0 Å². The molecule has 0 aliphatic carbocycles. The Morgan fingerprint density at radius 1 is 1.29 bits per heavy atom. The van der Waals surface area contributed by atoms with Crippen molar-refractivity contribution < 1.29 is 4.39 Å². The Morgan fingerprint density at radius 3 is 2.82 bits per heavy atom. The summed E-state index contributed by atoms with van der Waals surface area (Å²) in [4.78, 5) is 7.79. The molecule has 1 aliphatic rings. The third-order valence-electron chi connectivity index (χ3n) is 3.27. The first-order chi connectivity index (χ1) is 8.24. The molecule has 0 bridgehead atoms. The summed E-state index contributed by atoms with van der Waals surface area (Å²) in [6.45, 7) is 2.06. The van der Waals surface area contributed by atoms with Crippen molar-refractivity contribution in [1.82, 2.24) is 15.3 Å². The zero-order chi connectivity index (χ0) is 11.8. The van der Waals surface area contributed by atoms with E-state index in [4.69, 9.17) is 0 Å². The Morgan fingerprint density at radius 2 is 2.06 bits per heavy atom. The van der Waals surface area contributed by atoms with Crippen LogP contribution in [0, 0.1) is 5.82 Å². The van der Waals surface area contributed by atoms with E-state index in [1.54, 1.807) is 6.07 Å². The van der Waals surface area contributed by atoms with Crippen molar-refractivity contribution in [3.05, 3.63) is 28.2 Å². The summed E-state index contributed by atoms with van der Waals surface area (Å²) < 4.78 is 13.9. The summed E-state index contributed by atoms with van der Waals surface area (Å²) in [6, 6.07) is 3.22. The third-order valence-corrected chi connectivity index (χ3v) is 3.88.